The summed E-state index contributed by atoms with van der Waals surface area (Å²) in [4.78, 5) is 0. The molecule has 2 nitrogen and oxygen atoms in total. The van der Waals surface area contributed by atoms with Crippen LogP contribution in [0.5, 0.6) is 0 Å². The summed E-state index contributed by atoms with van der Waals surface area (Å²) in [5, 5.41) is 10.1. The van der Waals surface area contributed by atoms with Gasteiger partial charge in [-0.05, 0) is 121 Å². The molecule has 268 valence electrons. The van der Waals surface area contributed by atoms with Crippen molar-refractivity contribution < 1.29 is 0 Å². The highest BCUT2D eigenvalue weighted by Crippen LogP contribution is 2.49. The lowest BCUT2D eigenvalue weighted by atomic mass is 9.96. The number of aromatic nitrogens is 2. The van der Waals surface area contributed by atoms with Gasteiger partial charge in [-0.3, -0.25) is 0 Å². The topological polar surface area (TPSA) is 9.86 Å². The van der Waals surface area contributed by atoms with Gasteiger partial charge in [-0.25, -0.2) is 0 Å². The zero-order valence-corrected chi connectivity index (χ0v) is 31.5. The van der Waals surface area contributed by atoms with Crippen LogP contribution < -0.4 is 0 Å². The largest absolute Gasteiger partial charge is 0.309 e. The van der Waals surface area contributed by atoms with Gasteiger partial charge in [0.25, 0.3) is 0 Å². The Morgan fingerprint density at radius 1 is 0.259 bits per heavy atom. The second-order valence-corrected chi connectivity index (χ2v) is 15.7. The van der Waals surface area contributed by atoms with Crippen molar-refractivity contribution in [3.63, 3.8) is 0 Å². The number of hydrogen-bond donors (Lipinski definition) is 0. The quantitative estimate of drug-likeness (QED) is 0.170. The molecule has 58 heavy (non-hydrogen) atoms. The highest BCUT2D eigenvalue weighted by atomic mass is 15.0. The van der Waals surface area contributed by atoms with Crippen LogP contribution in [0.4, 0.5) is 0 Å². The Hall–Kier alpha value is -7.68. The highest BCUT2D eigenvalue weighted by Gasteiger charge is 2.24. The molecule has 0 spiro atoms. The zero-order chi connectivity index (χ0) is 37.9. The van der Waals surface area contributed by atoms with E-state index in [2.05, 4.69) is 215 Å². The van der Waals surface area contributed by atoms with Crippen molar-refractivity contribution in [3.05, 3.63) is 206 Å². The molecular weight excluding hydrogens is 701 g/mol. The normalized spacial score (nSPS) is 12.1. The summed E-state index contributed by atoms with van der Waals surface area (Å²) in [6, 6.07) is 76.3. The maximum Gasteiger partial charge on any atom is 0.0541 e. The Kier molecular flexibility index (Phi) is 6.47. The molecule has 10 aromatic carbocycles. The lowest BCUT2D eigenvalue weighted by Crippen LogP contribution is -1.96. The number of nitrogens with zero attached hydrogens (tertiary/aromatic N) is 2. The fourth-order valence-corrected chi connectivity index (χ4v) is 10.1. The van der Waals surface area contributed by atoms with E-state index in [1.165, 1.54) is 121 Å². The van der Waals surface area contributed by atoms with Crippen molar-refractivity contribution in [1.29, 1.82) is 0 Å². The highest BCUT2D eigenvalue weighted by molar-refractivity contribution is 6.19. The first-order valence-electron chi connectivity index (χ1n) is 20.1. The van der Waals surface area contributed by atoms with E-state index >= 15 is 0 Å². The Labute approximate surface area is 335 Å². The van der Waals surface area contributed by atoms with Crippen LogP contribution in [0, 0.1) is 0 Å². The predicted molar refractivity (Wildman–Crippen MR) is 245 cm³/mol. The number of rotatable bonds is 4. The molecule has 12 aromatic rings. The molecule has 0 atom stereocenters. The minimum Gasteiger partial charge on any atom is -0.309 e. The van der Waals surface area contributed by atoms with E-state index < -0.39 is 0 Å². The molecule has 0 unspecified atom stereocenters. The van der Waals surface area contributed by atoms with Crippen LogP contribution >= 0.6 is 0 Å². The molecule has 2 heteroatoms. The van der Waals surface area contributed by atoms with Gasteiger partial charge >= 0.3 is 0 Å². The summed E-state index contributed by atoms with van der Waals surface area (Å²) < 4.78 is 4.89. The van der Waals surface area contributed by atoms with Crippen molar-refractivity contribution in [2.24, 2.45) is 0 Å². The first-order valence-corrected chi connectivity index (χ1v) is 20.1. The molecule has 2 heterocycles. The molecule has 0 bridgehead atoms. The second-order valence-electron chi connectivity index (χ2n) is 15.7. The molecule has 0 fully saturated rings. The van der Waals surface area contributed by atoms with Gasteiger partial charge in [0.2, 0.25) is 0 Å². The molecule has 2 aromatic heterocycles. The van der Waals surface area contributed by atoms with Gasteiger partial charge in [0.1, 0.15) is 0 Å². The Balaban J connectivity index is 1.07. The van der Waals surface area contributed by atoms with Crippen LogP contribution in [0.15, 0.2) is 206 Å². The van der Waals surface area contributed by atoms with Crippen molar-refractivity contribution in [2.75, 3.05) is 0 Å². The minimum absolute atomic E-state index is 1.17. The van der Waals surface area contributed by atoms with Crippen LogP contribution in [0.1, 0.15) is 0 Å². The number of hydrogen-bond acceptors (Lipinski definition) is 0. The number of para-hydroxylation sites is 2. The van der Waals surface area contributed by atoms with Gasteiger partial charge in [0.05, 0.1) is 27.8 Å². The molecule has 13 rings (SSSR count). The molecular formula is C56H34N2. The van der Waals surface area contributed by atoms with Gasteiger partial charge in [0.15, 0.2) is 0 Å². The Morgan fingerprint density at radius 3 is 1.53 bits per heavy atom. The monoisotopic (exact) mass is 734 g/mol. The van der Waals surface area contributed by atoms with Gasteiger partial charge < -0.3 is 9.13 Å². The van der Waals surface area contributed by atoms with Crippen LogP contribution in [-0.4, -0.2) is 9.13 Å². The van der Waals surface area contributed by atoms with Crippen LogP contribution in [0.25, 0.3) is 121 Å². The van der Waals surface area contributed by atoms with Crippen LogP contribution in [-0.2, 0) is 0 Å². The summed E-state index contributed by atoms with van der Waals surface area (Å²) in [6.45, 7) is 0. The third kappa shape index (κ3) is 4.37. The third-order valence-corrected chi connectivity index (χ3v) is 12.7. The fourth-order valence-electron chi connectivity index (χ4n) is 10.1. The molecule has 0 amide bonds. The predicted octanol–water partition coefficient (Wildman–Crippen LogP) is 15.2. The molecule has 0 N–H and O–H groups in total. The maximum atomic E-state index is 2.50. The standard InChI is InChI=1S/C56H34N2/c1-2-14-39(15-3-1)57-51-23-9-8-19-44(51)48-32-36(24-28-53(48)57)37-25-29-54-49(33-37)50-34-38(41-20-10-13-35-12-4-5-16-40(35)41)26-30-55(50)58(54)52-31-27-46-43-18-7-6-17-42(43)45-21-11-22-47(52)56(45)46/h1-34H. The van der Waals surface area contributed by atoms with Gasteiger partial charge in [-0.1, -0.05) is 146 Å². The molecule has 1 aliphatic carbocycles. The van der Waals surface area contributed by atoms with Crippen molar-refractivity contribution in [2.45, 2.75) is 0 Å². The SMILES string of the molecule is c1ccc(-n2c3ccccc3c3cc(-c4ccc5c(c4)c4cc(-c6cccc7ccccc67)ccc4n5-c4ccc5c6c(cccc46)-c4ccccc4-5)ccc32)cc1. The van der Waals surface area contributed by atoms with E-state index in [4.69, 9.17) is 0 Å². The molecule has 0 radical (unpaired) electrons. The molecule has 0 saturated heterocycles. The lowest BCUT2D eigenvalue weighted by molar-refractivity contribution is 1.18. The fraction of sp³-hybridized carbons (Fsp3) is 0. The molecule has 0 saturated carbocycles. The van der Waals surface area contributed by atoms with Crippen molar-refractivity contribution in [1.82, 2.24) is 9.13 Å². The number of fused-ring (bicyclic) bond motifs is 10. The average Bonchev–Trinajstić information content (AvgIpc) is 3.92. The smallest absolute Gasteiger partial charge is 0.0541 e. The Morgan fingerprint density at radius 2 is 0.759 bits per heavy atom. The maximum absolute atomic E-state index is 2.50. The summed E-state index contributed by atoms with van der Waals surface area (Å²) in [6.07, 6.45) is 0. The second kappa shape index (κ2) is 11.9. The van der Waals surface area contributed by atoms with Crippen LogP contribution in [0.3, 0.4) is 0 Å². The van der Waals surface area contributed by atoms with E-state index in [9.17, 15) is 0 Å². The average molecular weight is 735 g/mol. The van der Waals surface area contributed by atoms with E-state index in [-0.39, 0.29) is 0 Å². The summed E-state index contributed by atoms with van der Waals surface area (Å²) >= 11 is 0. The van der Waals surface area contributed by atoms with E-state index in [0.29, 0.717) is 0 Å². The van der Waals surface area contributed by atoms with Crippen molar-refractivity contribution >= 4 is 65.2 Å². The first-order chi connectivity index (χ1) is 28.8. The van der Waals surface area contributed by atoms with Gasteiger partial charge in [-0.15, -0.1) is 0 Å². The summed E-state index contributed by atoms with van der Waals surface area (Å²) in [5.74, 6) is 0. The number of benzene rings is 10. The lowest BCUT2D eigenvalue weighted by Gasteiger charge is -2.14. The minimum atomic E-state index is 1.17. The van der Waals surface area contributed by atoms with Crippen LogP contribution in [0.2, 0.25) is 0 Å². The molecule has 0 aliphatic heterocycles. The van der Waals surface area contributed by atoms with Gasteiger partial charge in [0, 0.05) is 32.6 Å². The third-order valence-electron chi connectivity index (χ3n) is 12.7. The van der Waals surface area contributed by atoms with Crippen molar-refractivity contribution in [3.8, 4) is 55.9 Å². The molecule has 1 aliphatic rings. The first kappa shape index (κ1) is 31.5. The van der Waals surface area contributed by atoms with E-state index in [1.807, 2.05) is 0 Å². The van der Waals surface area contributed by atoms with E-state index in [0.717, 1.165) is 0 Å². The zero-order valence-electron chi connectivity index (χ0n) is 31.5. The van der Waals surface area contributed by atoms with Gasteiger partial charge in [-0.2, -0.15) is 0 Å². The summed E-state index contributed by atoms with van der Waals surface area (Å²) in [5.41, 5.74) is 17.4. The van der Waals surface area contributed by atoms with E-state index in [1.54, 1.807) is 0 Å². The summed E-state index contributed by atoms with van der Waals surface area (Å²) in [7, 11) is 0. The Bertz CT molecular complexity index is 3640.